The summed E-state index contributed by atoms with van der Waals surface area (Å²) in [5.74, 6) is 0.696. The van der Waals surface area contributed by atoms with Crippen LogP contribution in [0.3, 0.4) is 0 Å². The summed E-state index contributed by atoms with van der Waals surface area (Å²) in [6.07, 6.45) is 1.20. The molecule has 1 aromatic rings. The Bertz CT molecular complexity index is 352. The molecule has 1 atom stereocenters. The third-order valence-corrected chi connectivity index (χ3v) is 3.34. The maximum atomic E-state index is 6.08. The summed E-state index contributed by atoms with van der Waals surface area (Å²) in [6, 6.07) is 6.10. The van der Waals surface area contributed by atoms with Crippen LogP contribution in [0.2, 0.25) is 5.02 Å². The van der Waals surface area contributed by atoms with Crippen LogP contribution in [0.4, 0.5) is 5.69 Å². The second-order valence-corrected chi connectivity index (χ2v) is 5.13. The summed E-state index contributed by atoms with van der Waals surface area (Å²) >= 11 is 6.08. The Balaban J connectivity index is 2.89. The molecule has 0 saturated carbocycles. The first kappa shape index (κ1) is 14.3. The fourth-order valence-corrected chi connectivity index (χ4v) is 2.09. The lowest BCUT2D eigenvalue weighted by Gasteiger charge is -2.25. The van der Waals surface area contributed by atoms with Crippen LogP contribution in [0.1, 0.15) is 25.8 Å². The number of nitrogens with zero attached hydrogens (tertiary/aromatic N) is 1. The second kappa shape index (κ2) is 6.87. The predicted molar refractivity (Wildman–Crippen MR) is 76.9 cm³/mol. The van der Waals surface area contributed by atoms with Crippen LogP contribution in [-0.4, -0.2) is 20.6 Å². The van der Waals surface area contributed by atoms with Gasteiger partial charge in [-0.2, -0.15) is 0 Å². The standard InChI is InChI=1S/C14H23ClN2/c1-5-11(2)10-17(4)14-8-13(15)7-6-12(14)9-16-3/h6-8,11,16H,5,9-10H2,1-4H3. The predicted octanol–water partition coefficient (Wildman–Crippen LogP) is 3.54. The molecule has 96 valence electrons. The van der Waals surface area contributed by atoms with Gasteiger partial charge in [0.1, 0.15) is 0 Å². The quantitative estimate of drug-likeness (QED) is 0.835. The normalized spacial score (nSPS) is 12.5. The molecule has 0 amide bonds. The summed E-state index contributed by atoms with van der Waals surface area (Å²) in [6.45, 7) is 6.44. The molecule has 1 aromatic carbocycles. The SMILES string of the molecule is CCC(C)CN(C)c1cc(Cl)ccc1CNC. The van der Waals surface area contributed by atoms with Crippen molar-refractivity contribution < 1.29 is 0 Å². The summed E-state index contributed by atoms with van der Waals surface area (Å²) in [4.78, 5) is 2.30. The van der Waals surface area contributed by atoms with Gasteiger partial charge in [-0.1, -0.05) is 37.9 Å². The number of halogens is 1. The number of rotatable bonds is 6. The lowest BCUT2D eigenvalue weighted by molar-refractivity contribution is 0.559. The van der Waals surface area contributed by atoms with Gasteiger partial charge in [-0.25, -0.2) is 0 Å². The first-order valence-electron chi connectivity index (χ1n) is 6.22. The second-order valence-electron chi connectivity index (χ2n) is 4.70. The van der Waals surface area contributed by atoms with E-state index in [1.807, 2.05) is 13.1 Å². The molecule has 0 aliphatic rings. The van der Waals surface area contributed by atoms with Crippen LogP contribution in [-0.2, 0) is 6.54 Å². The topological polar surface area (TPSA) is 15.3 Å². The maximum absolute atomic E-state index is 6.08. The minimum Gasteiger partial charge on any atom is -0.374 e. The van der Waals surface area contributed by atoms with E-state index >= 15 is 0 Å². The van der Waals surface area contributed by atoms with Crippen molar-refractivity contribution in [3.05, 3.63) is 28.8 Å². The zero-order valence-electron chi connectivity index (χ0n) is 11.3. The van der Waals surface area contributed by atoms with Gasteiger partial charge in [-0.3, -0.25) is 0 Å². The fraction of sp³-hybridized carbons (Fsp3) is 0.571. The van der Waals surface area contributed by atoms with Gasteiger partial charge < -0.3 is 10.2 Å². The Morgan fingerprint density at radius 3 is 2.71 bits per heavy atom. The third kappa shape index (κ3) is 4.21. The van der Waals surface area contributed by atoms with Crippen LogP contribution in [0.25, 0.3) is 0 Å². The number of nitrogens with one attached hydrogen (secondary N) is 1. The lowest BCUT2D eigenvalue weighted by Crippen LogP contribution is -2.25. The highest BCUT2D eigenvalue weighted by Gasteiger charge is 2.10. The van der Waals surface area contributed by atoms with E-state index in [1.165, 1.54) is 17.7 Å². The molecule has 0 bridgehead atoms. The molecule has 0 saturated heterocycles. The first-order chi connectivity index (χ1) is 8.08. The molecule has 0 fully saturated rings. The van der Waals surface area contributed by atoms with E-state index in [9.17, 15) is 0 Å². The van der Waals surface area contributed by atoms with Gasteiger partial charge in [0.2, 0.25) is 0 Å². The molecular formula is C14H23ClN2. The fourth-order valence-electron chi connectivity index (χ4n) is 1.93. The van der Waals surface area contributed by atoms with E-state index in [-0.39, 0.29) is 0 Å². The highest BCUT2D eigenvalue weighted by atomic mass is 35.5. The van der Waals surface area contributed by atoms with E-state index < -0.39 is 0 Å². The van der Waals surface area contributed by atoms with Crippen molar-refractivity contribution in [2.24, 2.45) is 5.92 Å². The zero-order valence-corrected chi connectivity index (χ0v) is 12.0. The highest BCUT2D eigenvalue weighted by molar-refractivity contribution is 6.30. The Labute approximate surface area is 110 Å². The van der Waals surface area contributed by atoms with E-state index in [0.717, 1.165) is 18.1 Å². The first-order valence-corrected chi connectivity index (χ1v) is 6.60. The molecule has 0 heterocycles. The van der Waals surface area contributed by atoms with Crippen LogP contribution in [0, 0.1) is 5.92 Å². The average Bonchev–Trinajstić information content (AvgIpc) is 2.31. The van der Waals surface area contributed by atoms with Gasteiger partial charge in [0.25, 0.3) is 0 Å². The number of benzene rings is 1. The van der Waals surface area contributed by atoms with Gasteiger partial charge in [0.15, 0.2) is 0 Å². The Kier molecular flexibility index (Phi) is 5.79. The van der Waals surface area contributed by atoms with Crippen LogP contribution < -0.4 is 10.2 Å². The smallest absolute Gasteiger partial charge is 0.0426 e. The molecule has 1 rings (SSSR count). The molecule has 3 heteroatoms. The van der Waals surface area contributed by atoms with Crippen molar-refractivity contribution in [1.29, 1.82) is 0 Å². The van der Waals surface area contributed by atoms with E-state index in [0.29, 0.717) is 5.92 Å². The molecule has 0 spiro atoms. The molecule has 1 N–H and O–H groups in total. The molecule has 17 heavy (non-hydrogen) atoms. The number of hydrogen-bond donors (Lipinski definition) is 1. The largest absolute Gasteiger partial charge is 0.374 e. The van der Waals surface area contributed by atoms with E-state index in [4.69, 9.17) is 11.6 Å². The Morgan fingerprint density at radius 1 is 1.41 bits per heavy atom. The average molecular weight is 255 g/mol. The zero-order chi connectivity index (χ0) is 12.8. The summed E-state index contributed by atoms with van der Waals surface area (Å²) < 4.78 is 0. The maximum Gasteiger partial charge on any atom is 0.0426 e. The summed E-state index contributed by atoms with van der Waals surface area (Å²) in [7, 11) is 4.10. The lowest BCUT2D eigenvalue weighted by atomic mass is 10.1. The molecule has 0 aliphatic carbocycles. The molecule has 0 aromatic heterocycles. The Hall–Kier alpha value is -0.730. The minimum atomic E-state index is 0.696. The molecule has 1 unspecified atom stereocenters. The van der Waals surface area contributed by atoms with Gasteiger partial charge in [0, 0.05) is 30.8 Å². The molecule has 0 radical (unpaired) electrons. The highest BCUT2D eigenvalue weighted by Crippen LogP contribution is 2.25. The van der Waals surface area contributed by atoms with Gasteiger partial charge in [-0.05, 0) is 30.7 Å². The van der Waals surface area contributed by atoms with Crippen LogP contribution >= 0.6 is 11.6 Å². The van der Waals surface area contributed by atoms with Gasteiger partial charge in [0.05, 0.1) is 0 Å². The van der Waals surface area contributed by atoms with Crippen molar-refractivity contribution >= 4 is 17.3 Å². The molecule has 2 nitrogen and oxygen atoms in total. The third-order valence-electron chi connectivity index (χ3n) is 3.11. The van der Waals surface area contributed by atoms with Crippen molar-refractivity contribution in [3.63, 3.8) is 0 Å². The van der Waals surface area contributed by atoms with Crippen molar-refractivity contribution in [3.8, 4) is 0 Å². The van der Waals surface area contributed by atoms with Crippen molar-refractivity contribution in [2.75, 3.05) is 25.5 Å². The van der Waals surface area contributed by atoms with Crippen molar-refractivity contribution in [1.82, 2.24) is 5.32 Å². The summed E-state index contributed by atoms with van der Waals surface area (Å²) in [5.41, 5.74) is 2.52. The van der Waals surface area contributed by atoms with E-state index in [1.54, 1.807) is 0 Å². The van der Waals surface area contributed by atoms with E-state index in [2.05, 4.69) is 43.2 Å². The van der Waals surface area contributed by atoms with Crippen LogP contribution in [0.5, 0.6) is 0 Å². The monoisotopic (exact) mass is 254 g/mol. The number of hydrogen-bond acceptors (Lipinski definition) is 2. The van der Waals surface area contributed by atoms with Gasteiger partial charge in [-0.15, -0.1) is 0 Å². The molecule has 0 aliphatic heterocycles. The van der Waals surface area contributed by atoms with Crippen molar-refractivity contribution in [2.45, 2.75) is 26.8 Å². The van der Waals surface area contributed by atoms with Gasteiger partial charge >= 0.3 is 0 Å². The molecular weight excluding hydrogens is 232 g/mol. The van der Waals surface area contributed by atoms with Crippen LogP contribution in [0.15, 0.2) is 18.2 Å². The summed E-state index contributed by atoms with van der Waals surface area (Å²) in [5, 5.41) is 4.00. The minimum absolute atomic E-state index is 0.696. The number of anilines is 1. The Morgan fingerprint density at radius 2 is 2.12 bits per heavy atom.